The molecule has 1 aliphatic heterocycles. The van der Waals surface area contributed by atoms with Gasteiger partial charge in [0.25, 0.3) is 0 Å². The third kappa shape index (κ3) is 1.52. The summed E-state index contributed by atoms with van der Waals surface area (Å²) < 4.78 is 3.90. The molecule has 1 aromatic rings. The Morgan fingerprint density at radius 2 is 1.89 bits per heavy atom. The van der Waals surface area contributed by atoms with Crippen molar-refractivity contribution in [2.75, 3.05) is 0 Å². The first-order valence-electron chi connectivity index (χ1n) is 6.66. The maximum atomic E-state index is 12.3. The average Bonchev–Trinajstić information content (AvgIpc) is 2.67. The predicted molar refractivity (Wildman–Crippen MR) is 69.2 cm³/mol. The zero-order valence-corrected chi connectivity index (χ0v) is 10.9. The Bertz CT molecular complexity index is 656. The van der Waals surface area contributed by atoms with Crippen LogP contribution in [0.1, 0.15) is 38.1 Å². The van der Waals surface area contributed by atoms with Gasteiger partial charge in [-0.05, 0) is 12.8 Å². The minimum absolute atomic E-state index is 0.330. The predicted octanol–water partition coefficient (Wildman–Crippen LogP) is 0.318. The molecule has 0 bridgehead atoms. The lowest BCUT2D eigenvalue weighted by atomic mass is 9.80. The molecule has 6 heteroatoms. The molecule has 1 fully saturated rings. The minimum atomic E-state index is -0.672. The van der Waals surface area contributed by atoms with Crippen molar-refractivity contribution in [1.29, 1.82) is 0 Å². The molecule has 2 aliphatic rings. The van der Waals surface area contributed by atoms with Gasteiger partial charge in [-0.3, -0.25) is 0 Å². The van der Waals surface area contributed by atoms with E-state index in [0.29, 0.717) is 6.29 Å². The Morgan fingerprint density at radius 3 is 2.53 bits per heavy atom. The van der Waals surface area contributed by atoms with Crippen molar-refractivity contribution in [2.24, 2.45) is 7.05 Å². The summed E-state index contributed by atoms with van der Waals surface area (Å²) in [5.41, 5.74) is -1.17. The highest BCUT2D eigenvalue weighted by Crippen LogP contribution is 2.37. The van der Waals surface area contributed by atoms with E-state index in [0.717, 1.165) is 36.7 Å². The van der Waals surface area contributed by atoms with Gasteiger partial charge < -0.3 is 4.79 Å². The SMILES string of the molecule is Cn1c(=O)n2n(c1=O)C1(C=CC2C=O)CCCCC1. The summed E-state index contributed by atoms with van der Waals surface area (Å²) in [4.78, 5) is 35.6. The van der Waals surface area contributed by atoms with Crippen molar-refractivity contribution in [3.8, 4) is 0 Å². The van der Waals surface area contributed by atoms with E-state index in [1.54, 1.807) is 6.08 Å². The van der Waals surface area contributed by atoms with Gasteiger partial charge in [-0.1, -0.05) is 31.4 Å². The molecule has 1 spiro atoms. The lowest BCUT2D eigenvalue weighted by Crippen LogP contribution is -2.48. The maximum absolute atomic E-state index is 12.3. The van der Waals surface area contributed by atoms with Crippen molar-refractivity contribution >= 4 is 6.29 Å². The van der Waals surface area contributed by atoms with Crippen molar-refractivity contribution < 1.29 is 4.79 Å². The number of rotatable bonds is 1. The molecular weight excluding hydrogens is 246 g/mol. The number of fused-ring (bicyclic) bond motifs is 2. The number of allylic oxidation sites excluding steroid dienone is 2. The number of hydrogen-bond donors (Lipinski definition) is 0. The number of nitrogens with zero attached hydrogens (tertiary/aromatic N) is 3. The molecule has 1 saturated carbocycles. The number of carbonyl (C=O) groups excluding carboxylic acids is 1. The second-order valence-electron chi connectivity index (χ2n) is 5.43. The molecule has 1 aliphatic carbocycles. The van der Waals surface area contributed by atoms with E-state index in [1.807, 2.05) is 6.08 Å². The van der Waals surface area contributed by atoms with Crippen LogP contribution >= 0.6 is 0 Å². The van der Waals surface area contributed by atoms with Gasteiger partial charge in [-0.15, -0.1) is 0 Å². The summed E-state index contributed by atoms with van der Waals surface area (Å²) in [6.07, 6.45) is 9.31. The Labute approximate surface area is 109 Å². The summed E-state index contributed by atoms with van der Waals surface area (Å²) in [7, 11) is 1.46. The average molecular weight is 263 g/mol. The van der Waals surface area contributed by atoms with Gasteiger partial charge in [0, 0.05) is 7.05 Å². The highest BCUT2D eigenvalue weighted by atomic mass is 16.2. The lowest BCUT2D eigenvalue weighted by molar-refractivity contribution is -0.110. The van der Waals surface area contributed by atoms with Crippen LogP contribution in [-0.4, -0.2) is 20.2 Å². The van der Waals surface area contributed by atoms with Crippen LogP contribution in [-0.2, 0) is 17.4 Å². The molecule has 0 N–H and O–H groups in total. The molecule has 1 atom stereocenters. The number of hydrogen-bond acceptors (Lipinski definition) is 3. The van der Waals surface area contributed by atoms with Crippen molar-refractivity contribution in [1.82, 2.24) is 13.9 Å². The van der Waals surface area contributed by atoms with E-state index >= 15 is 0 Å². The van der Waals surface area contributed by atoms with Crippen LogP contribution in [0.5, 0.6) is 0 Å². The fourth-order valence-electron chi connectivity index (χ4n) is 3.30. The largest absolute Gasteiger partial charge is 0.347 e. The first-order chi connectivity index (χ1) is 9.10. The Balaban J connectivity index is 2.30. The second kappa shape index (κ2) is 4.08. The lowest BCUT2D eigenvalue weighted by Gasteiger charge is -2.39. The normalized spacial score (nSPS) is 24.4. The van der Waals surface area contributed by atoms with Crippen LogP contribution in [0.3, 0.4) is 0 Å². The number of aldehydes is 1. The third-order valence-electron chi connectivity index (χ3n) is 4.33. The molecule has 0 amide bonds. The highest BCUT2D eigenvalue weighted by Gasteiger charge is 2.40. The Kier molecular flexibility index (Phi) is 2.62. The summed E-state index contributed by atoms with van der Waals surface area (Å²) in [5.74, 6) is 0. The van der Waals surface area contributed by atoms with Gasteiger partial charge in [-0.2, -0.15) is 0 Å². The quantitative estimate of drug-likeness (QED) is 0.541. The molecule has 2 heterocycles. The van der Waals surface area contributed by atoms with Crippen LogP contribution in [0.2, 0.25) is 0 Å². The third-order valence-corrected chi connectivity index (χ3v) is 4.33. The van der Waals surface area contributed by atoms with E-state index < -0.39 is 17.3 Å². The standard InChI is InChI=1S/C13H17N3O3/c1-14-11(18)15-10(9-17)5-8-13(16(15)12(14)19)6-3-2-4-7-13/h5,8-10H,2-4,6-7H2,1H3. The number of carbonyl (C=O) groups is 1. The van der Waals surface area contributed by atoms with Crippen LogP contribution in [0.25, 0.3) is 0 Å². The molecule has 1 aromatic heterocycles. The van der Waals surface area contributed by atoms with Crippen LogP contribution in [0.4, 0.5) is 0 Å². The molecule has 0 saturated heterocycles. The first-order valence-corrected chi connectivity index (χ1v) is 6.66. The zero-order valence-electron chi connectivity index (χ0n) is 10.9. The second-order valence-corrected chi connectivity index (χ2v) is 5.43. The topological polar surface area (TPSA) is 66.0 Å². The molecule has 6 nitrogen and oxygen atoms in total. The molecule has 1 unspecified atom stereocenters. The fourth-order valence-corrected chi connectivity index (χ4v) is 3.30. The molecule has 102 valence electrons. The van der Waals surface area contributed by atoms with Crippen molar-refractivity contribution in [2.45, 2.75) is 43.7 Å². The van der Waals surface area contributed by atoms with Gasteiger partial charge >= 0.3 is 11.4 Å². The van der Waals surface area contributed by atoms with Crippen molar-refractivity contribution in [3.05, 3.63) is 33.1 Å². The summed E-state index contributed by atoms with van der Waals surface area (Å²) in [6, 6.07) is -0.672. The molecule has 19 heavy (non-hydrogen) atoms. The van der Waals surface area contributed by atoms with Crippen LogP contribution in [0.15, 0.2) is 21.7 Å². The zero-order chi connectivity index (χ0) is 13.6. The van der Waals surface area contributed by atoms with Gasteiger partial charge in [-0.25, -0.2) is 23.5 Å². The van der Waals surface area contributed by atoms with Gasteiger partial charge in [0.1, 0.15) is 12.3 Å². The highest BCUT2D eigenvalue weighted by molar-refractivity contribution is 5.59. The summed E-state index contributed by atoms with van der Waals surface area (Å²) in [6.45, 7) is 0. The van der Waals surface area contributed by atoms with Crippen LogP contribution in [0, 0.1) is 0 Å². The van der Waals surface area contributed by atoms with Gasteiger partial charge in [0.05, 0.1) is 5.54 Å². The van der Waals surface area contributed by atoms with Gasteiger partial charge in [0.15, 0.2) is 0 Å². The first kappa shape index (κ1) is 12.2. The fraction of sp³-hybridized carbons (Fsp3) is 0.615. The van der Waals surface area contributed by atoms with E-state index in [9.17, 15) is 14.4 Å². The monoisotopic (exact) mass is 263 g/mol. The smallest absolute Gasteiger partial charge is 0.301 e. The van der Waals surface area contributed by atoms with Gasteiger partial charge in [0.2, 0.25) is 0 Å². The van der Waals surface area contributed by atoms with E-state index in [4.69, 9.17) is 0 Å². The summed E-state index contributed by atoms with van der Waals surface area (Å²) >= 11 is 0. The van der Waals surface area contributed by atoms with E-state index in [-0.39, 0.29) is 5.69 Å². The minimum Gasteiger partial charge on any atom is -0.301 e. The van der Waals surface area contributed by atoms with E-state index in [2.05, 4.69) is 0 Å². The Morgan fingerprint density at radius 1 is 1.21 bits per heavy atom. The van der Waals surface area contributed by atoms with E-state index in [1.165, 1.54) is 16.4 Å². The number of aromatic nitrogens is 3. The summed E-state index contributed by atoms with van der Waals surface area (Å²) in [5, 5.41) is 0. The Hall–Kier alpha value is -1.85. The molecule has 0 radical (unpaired) electrons. The molecular formula is C13H17N3O3. The van der Waals surface area contributed by atoms with Crippen molar-refractivity contribution in [3.63, 3.8) is 0 Å². The molecule has 0 aromatic carbocycles. The maximum Gasteiger partial charge on any atom is 0.347 e. The van der Waals surface area contributed by atoms with Crippen LogP contribution < -0.4 is 11.4 Å². The molecule has 3 rings (SSSR count).